The van der Waals surface area contributed by atoms with Crippen molar-refractivity contribution in [2.24, 2.45) is 11.3 Å². The largest absolute Gasteiger partial charge is 0.374 e. The molecular formula is C14H26O. The maximum absolute atomic E-state index is 6.24. The molecule has 0 spiro atoms. The Morgan fingerprint density at radius 3 is 2.13 bits per heavy atom. The van der Waals surface area contributed by atoms with Crippen molar-refractivity contribution in [3.63, 3.8) is 0 Å². The summed E-state index contributed by atoms with van der Waals surface area (Å²) in [5.41, 5.74) is 0.513. The molecule has 1 nitrogen and oxygen atoms in total. The van der Waals surface area contributed by atoms with E-state index in [-0.39, 0.29) is 5.60 Å². The zero-order chi connectivity index (χ0) is 10.9. The third kappa shape index (κ3) is 1.95. The van der Waals surface area contributed by atoms with Crippen molar-refractivity contribution in [2.75, 3.05) is 6.61 Å². The van der Waals surface area contributed by atoms with E-state index in [1.54, 1.807) is 0 Å². The average molecular weight is 210 g/mol. The lowest BCUT2D eigenvalue weighted by molar-refractivity contribution is -0.127. The summed E-state index contributed by atoms with van der Waals surface area (Å²) in [7, 11) is 0. The molecule has 2 aliphatic rings. The molecule has 2 rings (SSSR count). The molecule has 1 heteroatoms. The van der Waals surface area contributed by atoms with Crippen LogP contribution in [-0.4, -0.2) is 12.2 Å². The van der Waals surface area contributed by atoms with Crippen LogP contribution in [0.2, 0.25) is 0 Å². The molecule has 0 aromatic rings. The lowest BCUT2D eigenvalue weighted by Crippen LogP contribution is -2.49. The minimum Gasteiger partial charge on any atom is -0.374 e. The van der Waals surface area contributed by atoms with E-state index in [0.29, 0.717) is 5.41 Å². The van der Waals surface area contributed by atoms with Crippen molar-refractivity contribution >= 4 is 0 Å². The van der Waals surface area contributed by atoms with Crippen molar-refractivity contribution in [3.8, 4) is 0 Å². The third-order valence-electron chi connectivity index (χ3n) is 4.59. The molecule has 1 atom stereocenters. The van der Waals surface area contributed by atoms with Crippen molar-refractivity contribution in [1.82, 2.24) is 0 Å². The topological polar surface area (TPSA) is 9.23 Å². The smallest absolute Gasteiger partial charge is 0.0759 e. The van der Waals surface area contributed by atoms with E-state index in [4.69, 9.17) is 4.74 Å². The first-order valence-electron chi connectivity index (χ1n) is 6.70. The molecule has 0 amide bonds. The van der Waals surface area contributed by atoms with Gasteiger partial charge in [-0.15, -0.1) is 0 Å². The number of hydrogen-bond acceptors (Lipinski definition) is 1. The van der Waals surface area contributed by atoms with E-state index in [1.165, 1.54) is 44.9 Å². The molecule has 0 radical (unpaired) electrons. The van der Waals surface area contributed by atoms with Gasteiger partial charge in [0.1, 0.15) is 0 Å². The summed E-state index contributed by atoms with van der Waals surface area (Å²) in [5, 5.41) is 0. The molecule has 1 aliphatic carbocycles. The molecular weight excluding hydrogens is 184 g/mol. The predicted octanol–water partition coefficient (Wildman–Crippen LogP) is 4.16. The van der Waals surface area contributed by atoms with Gasteiger partial charge in [0, 0.05) is 6.61 Å². The Hall–Kier alpha value is -0.0400. The summed E-state index contributed by atoms with van der Waals surface area (Å²) in [5.74, 6) is 0.828. The van der Waals surface area contributed by atoms with Gasteiger partial charge in [-0.05, 0) is 37.0 Å². The van der Waals surface area contributed by atoms with Crippen LogP contribution in [0, 0.1) is 11.3 Å². The van der Waals surface area contributed by atoms with Gasteiger partial charge in [-0.25, -0.2) is 0 Å². The highest BCUT2D eigenvalue weighted by Crippen LogP contribution is 2.50. The van der Waals surface area contributed by atoms with E-state index in [2.05, 4.69) is 20.8 Å². The summed E-state index contributed by atoms with van der Waals surface area (Å²) in [6, 6.07) is 0. The lowest BCUT2D eigenvalue weighted by atomic mass is 9.63. The highest BCUT2D eigenvalue weighted by molar-refractivity contribution is 5.00. The zero-order valence-electron chi connectivity index (χ0n) is 10.6. The summed E-state index contributed by atoms with van der Waals surface area (Å²) in [4.78, 5) is 0. The normalized spacial score (nSPS) is 34.6. The predicted molar refractivity (Wildman–Crippen MR) is 63.9 cm³/mol. The summed E-state index contributed by atoms with van der Waals surface area (Å²) in [6.45, 7) is 8.10. The molecule has 1 heterocycles. The van der Waals surface area contributed by atoms with Crippen LogP contribution in [0.5, 0.6) is 0 Å². The number of hydrogen-bond donors (Lipinski definition) is 0. The zero-order valence-corrected chi connectivity index (χ0v) is 10.6. The fraction of sp³-hybridized carbons (Fsp3) is 1.00. The molecule has 0 bridgehead atoms. The number of rotatable bonds is 1. The van der Waals surface area contributed by atoms with E-state index < -0.39 is 0 Å². The van der Waals surface area contributed by atoms with Crippen LogP contribution in [0.1, 0.15) is 65.7 Å². The van der Waals surface area contributed by atoms with Crippen LogP contribution < -0.4 is 0 Å². The first kappa shape index (κ1) is 11.4. The van der Waals surface area contributed by atoms with Gasteiger partial charge in [0.2, 0.25) is 0 Å². The van der Waals surface area contributed by atoms with Crippen LogP contribution in [0.4, 0.5) is 0 Å². The fourth-order valence-corrected chi connectivity index (χ4v) is 3.76. The molecule has 15 heavy (non-hydrogen) atoms. The Kier molecular flexibility index (Phi) is 3.12. The Labute approximate surface area is 94.6 Å². The maximum atomic E-state index is 6.24. The Morgan fingerprint density at radius 2 is 1.67 bits per heavy atom. The molecule has 0 N–H and O–H groups in total. The number of ether oxygens (including phenoxy) is 1. The monoisotopic (exact) mass is 210 g/mol. The van der Waals surface area contributed by atoms with Gasteiger partial charge < -0.3 is 4.74 Å². The minimum atomic E-state index is 0.202. The van der Waals surface area contributed by atoms with Gasteiger partial charge in [-0.3, -0.25) is 0 Å². The van der Waals surface area contributed by atoms with Gasteiger partial charge in [0.05, 0.1) is 5.60 Å². The Balaban J connectivity index is 2.17. The quantitative estimate of drug-likeness (QED) is 0.631. The van der Waals surface area contributed by atoms with Gasteiger partial charge in [0.15, 0.2) is 0 Å². The van der Waals surface area contributed by atoms with Crippen LogP contribution in [0.3, 0.4) is 0 Å². The van der Waals surface area contributed by atoms with E-state index in [9.17, 15) is 0 Å². The molecule has 1 saturated carbocycles. The first-order valence-corrected chi connectivity index (χ1v) is 6.70. The van der Waals surface area contributed by atoms with Crippen LogP contribution in [0.15, 0.2) is 0 Å². The average Bonchev–Trinajstić information content (AvgIpc) is 2.68. The van der Waals surface area contributed by atoms with E-state index in [0.717, 1.165) is 12.5 Å². The van der Waals surface area contributed by atoms with E-state index in [1.807, 2.05) is 0 Å². The van der Waals surface area contributed by atoms with Crippen LogP contribution in [0.25, 0.3) is 0 Å². The van der Waals surface area contributed by atoms with Crippen molar-refractivity contribution in [3.05, 3.63) is 0 Å². The van der Waals surface area contributed by atoms with Crippen molar-refractivity contribution in [1.29, 1.82) is 0 Å². The van der Waals surface area contributed by atoms with Crippen molar-refractivity contribution < 1.29 is 4.74 Å². The fourth-order valence-electron chi connectivity index (χ4n) is 3.76. The second-order valence-electron chi connectivity index (χ2n) is 6.43. The summed E-state index contributed by atoms with van der Waals surface area (Å²) in [6.07, 6.45) is 9.65. The summed E-state index contributed by atoms with van der Waals surface area (Å²) >= 11 is 0. The Bertz CT molecular complexity index is 202. The minimum absolute atomic E-state index is 0.202. The SMILES string of the molecule is CC(C)(C)C1(C2CCCCC2)CCCO1. The Morgan fingerprint density at radius 1 is 1.00 bits per heavy atom. The molecule has 1 aliphatic heterocycles. The molecule has 0 aromatic heterocycles. The van der Waals surface area contributed by atoms with Crippen LogP contribution in [-0.2, 0) is 4.74 Å². The van der Waals surface area contributed by atoms with Crippen molar-refractivity contribution in [2.45, 2.75) is 71.3 Å². The molecule has 0 aromatic carbocycles. The van der Waals surface area contributed by atoms with Gasteiger partial charge in [-0.1, -0.05) is 40.0 Å². The second-order valence-corrected chi connectivity index (χ2v) is 6.43. The summed E-state index contributed by atoms with van der Waals surface area (Å²) < 4.78 is 6.24. The van der Waals surface area contributed by atoms with Gasteiger partial charge >= 0.3 is 0 Å². The molecule has 88 valence electrons. The van der Waals surface area contributed by atoms with Crippen LogP contribution >= 0.6 is 0 Å². The maximum Gasteiger partial charge on any atom is 0.0759 e. The molecule has 1 unspecified atom stereocenters. The standard InChI is InChI=1S/C14H26O/c1-13(2,3)14(10-7-11-15-14)12-8-5-4-6-9-12/h12H,4-11H2,1-3H3. The lowest BCUT2D eigenvalue weighted by Gasteiger charge is -2.48. The third-order valence-corrected chi connectivity index (χ3v) is 4.59. The second kappa shape index (κ2) is 4.08. The van der Waals surface area contributed by atoms with Gasteiger partial charge in [0.25, 0.3) is 0 Å². The van der Waals surface area contributed by atoms with E-state index >= 15 is 0 Å². The van der Waals surface area contributed by atoms with Gasteiger partial charge in [-0.2, -0.15) is 0 Å². The molecule has 1 saturated heterocycles. The first-order chi connectivity index (χ1) is 7.06. The highest BCUT2D eigenvalue weighted by atomic mass is 16.5. The highest BCUT2D eigenvalue weighted by Gasteiger charge is 2.50. The molecule has 2 fully saturated rings.